The van der Waals surface area contributed by atoms with Gasteiger partial charge in [0.2, 0.25) is 0 Å². The third-order valence-corrected chi connectivity index (χ3v) is 8.94. The first-order chi connectivity index (χ1) is 16.7. The summed E-state index contributed by atoms with van der Waals surface area (Å²) in [6, 6.07) is 0. The van der Waals surface area contributed by atoms with Crippen LogP contribution in [0.3, 0.4) is 0 Å². The summed E-state index contributed by atoms with van der Waals surface area (Å²) < 4.78 is 0. The Hall–Kier alpha value is -0.200. The van der Waals surface area contributed by atoms with Crippen LogP contribution in [0.5, 0.6) is 0 Å². The molecule has 0 saturated heterocycles. The molecular formula is C29H58O5. The SMILES string of the molecule is OCC1CCCCCCCCCCCCCCCCCCCCCC(CO)(CO)C1(CO)CO. The molecule has 0 aromatic heterocycles. The third kappa shape index (κ3) is 10.4. The van der Waals surface area contributed by atoms with E-state index < -0.39 is 10.8 Å². The fourth-order valence-corrected chi connectivity index (χ4v) is 6.25. The molecule has 1 rings (SSSR count). The third-order valence-electron chi connectivity index (χ3n) is 8.94. The maximum Gasteiger partial charge on any atom is 0.0520 e. The van der Waals surface area contributed by atoms with E-state index in [1.54, 1.807) is 0 Å². The second-order valence-corrected chi connectivity index (χ2v) is 11.2. The normalized spacial score (nSPS) is 25.9. The lowest BCUT2D eigenvalue weighted by molar-refractivity contribution is -0.159. The van der Waals surface area contributed by atoms with Crippen LogP contribution < -0.4 is 0 Å². The molecule has 0 aliphatic heterocycles. The minimum absolute atomic E-state index is 0.150. The standard InChI is InChI=1S/C29H58O5/c30-22-27-20-18-16-14-12-10-8-6-4-2-1-3-5-7-9-11-13-15-17-19-21-28(23-31,24-32)29(27,25-33)26-34/h27,30-34H,1-26H2. The summed E-state index contributed by atoms with van der Waals surface area (Å²) in [5.74, 6) is -0.340. The molecule has 0 heterocycles. The van der Waals surface area contributed by atoms with Gasteiger partial charge in [-0.2, -0.15) is 0 Å². The predicted octanol–water partition coefficient (Wildman–Crippen LogP) is 5.74. The van der Waals surface area contributed by atoms with Crippen molar-refractivity contribution in [1.29, 1.82) is 0 Å². The van der Waals surface area contributed by atoms with Gasteiger partial charge in [0, 0.05) is 17.4 Å². The average Bonchev–Trinajstić information content (AvgIpc) is 2.87. The lowest BCUT2D eigenvalue weighted by Gasteiger charge is -2.51. The highest BCUT2D eigenvalue weighted by molar-refractivity contribution is 5.01. The Morgan fingerprint density at radius 1 is 0.412 bits per heavy atom. The number of aliphatic hydroxyl groups excluding tert-OH is 5. The van der Waals surface area contributed by atoms with Gasteiger partial charge in [0.1, 0.15) is 0 Å². The number of hydrogen-bond acceptors (Lipinski definition) is 5. The molecule has 0 bridgehead atoms. The van der Waals surface area contributed by atoms with E-state index in [4.69, 9.17) is 0 Å². The fourth-order valence-electron chi connectivity index (χ4n) is 6.25. The predicted molar refractivity (Wildman–Crippen MR) is 141 cm³/mol. The molecular weight excluding hydrogens is 428 g/mol. The monoisotopic (exact) mass is 486 g/mol. The van der Waals surface area contributed by atoms with Gasteiger partial charge in [-0.1, -0.05) is 122 Å². The summed E-state index contributed by atoms with van der Waals surface area (Å²) in [6.07, 6.45) is 24.7. The van der Waals surface area contributed by atoms with Gasteiger partial charge in [0.05, 0.1) is 26.4 Å². The van der Waals surface area contributed by atoms with Gasteiger partial charge in [-0.15, -0.1) is 0 Å². The van der Waals surface area contributed by atoms with Crippen LogP contribution in [-0.2, 0) is 0 Å². The van der Waals surface area contributed by atoms with Crippen LogP contribution in [0.1, 0.15) is 135 Å². The first kappa shape index (κ1) is 31.8. The highest BCUT2D eigenvalue weighted by Gasteiger charge is 2.53. The van der Waals surface area contributed by atoms with E-state index in [-0.39, 0.29) is 39.0 Å². The summed E-state index contributed by atoms with van der Waals surface area (Å²) in [4.78, 5) is 0. The minimum atomic E-state index is -1.08. The van der Waals surface area contributed by atoms with Crippen LogP contribution in [0.25, 0.3) is 0 Å². The van der Waals surface area contributed by atoms with Crippen LogP contribution in [0, 0.1) is 16.7 Å². The minimum Gasteiger partial charge on any atom is -0.396 e. The summed E-state index contributed by atoms with van der Waals surface area (Å²) in [6.45, 7) is -1.41. The summed E-state index contributed by atoms with van der Waals surface area (Å²) in [7, 11) is 0. The van der Waals surface area contributed by atoms with E-state index in [0.717, 1.165) is 32.1 Å². The number of rotatable bonds is 5. The van der Waals surface area contributed by atoms with E-state index in [9.17, 15) is 25.5 Å². The zero-order valence-corrected chi connectivity index (χ0v) is 22.2. The molecule has 5 N–H and O–H groups in total. The van der Waals surface area contributed by atoms with Crippen LogP contribution in [0.15, 0.2) is 0 Å². The molecule has 0 aromatic rings. The van der Waals surface area contributed by atoms with Crippen molar-refractivity contribution in [3.05, 3.63) is 0 Å². The molecule has 1 aliphatic carbocycles. The second kappa shape index (κ2) is 19.9. The average molecular weight is 487 g/mol. The maximum atomic E-state index is 10.5. The quantitative estimate of drug-likeness (QED) is 0.341. The van der Waals surface area contributed by atoms with Gasteiger partial charge < -0.3 is 25.5 Å². The van der Waals surface area contributed by atoms with Gasteiger partial charge in [-0.25, -0.2) is 0 Å². The molecule has 1 saturated carbocycles. The Morgan fingerprint density at radius 3 is 1.03 bits per heavy atom. The summed E-state index contributed by atoms with van der Waals surface area (Å²) in [5, 5.41) is 51.9. The number of aliphatic hydroxyl groups is 5. The Morgan fingerprint density at radius 2 is 0.735 bits per heavy atom. The van der Waals surface area contributed by atoms with Crippen molar-refractivity contribution in [2.24, 2.45) is 16.7 Å². The molecule has 1 fully saturated rings. The van der Waals surface area contributed by atoms with Gasteiger partial charge in [-0.3, -0.25) is 0 Å². The lowest BCUT2D eigenvalue weighted by atomic mass is 9.55. The van der Waals surface area contributed by atoms with E-state index >= 15 is 0 Å². The van der Waals surface area contributed by atoms with Crippen LogP contribution in [-0.4, -0.2) is 58.6 Å². The van der Waals surface area contributed by atoms with Crippen molar-refractivity contribution >= 4 is 0 Å². The molecule has 0 amide bonds. The fraction of sp³-hybridized carbons (Fsp3) is 1.00. The van der Waals surface area contributed by atoms with E-state index in [0.29, 0.717) is 12.8 Å². The smallest absolute Gasteiger partial charge is 0.0520 e. The Balaban J connectivity index is 2.78. The Labute approximate surface area is 210 Å². The Bertz CT molecular complexity index is 448. The van der Waals surface area contributed by atoms with Crippen molar-refractivity contribution in [1.82, 2.24) is 0 Å². The zero-order valence-electron chi connectivity index (χ0n) is 22.2. The van der Waals surface area contributed by atoms with Gasteiger partial charge in [0.25, 0.3) is 0 Å². The first-order valence-electron chi connectivity index (χ1n) is 14.7. The first-order valence-corrected chi connectivity index (χ1v) is 14.7. The molecule has 1 aliphatic rings. The van der Waals surface area contributed by atoms with E-state index in [1.807, 2.05) is 0 Å². The van der Waals surface area contributed by atoms with Crippen molar-refractivity contribution in [2.45, 2.75) is 135 Å². The summed E-state index contributed by atoms with van der Waals surface area (Å²) >= 11 is 0. The largest absolute Gasteiger partial charge is 0.396 e. The number of hydrogen-bond donors (Lipinski definition) is 5. The van der Waals surface area contributed by atoms with Crippen molar-refractivity contribution in [2.75, 3.05) is 33.0 Å². The van der Waals surface area contributed by atoms with Crippen LogP contribution in [0.2, 0.25) is 0 Å². The molecule has 1 unspecified atom stereocenters. The molecule has 0 aromatic carbocycles. The topological polar surface area (TPSA) is 101 Å². The lowest BCUT2D eigenvalue weighted by Crippen LogP contribution is -2.57. The molecule has 204 valence electrons. The van der Waals surface area contributed by atoms with Crippen molar-refractivity contribution < 1.29 is 25.5 Å². The molecule has 1 atom stereocenters. The molecule has 5 nitrogen and oxygen atoms in total. The highest BCUT2D eigenvalue weighted by atomic mass is 16.3. The molecule has 5 heteroatoms. The van der Waals surface area contributed by atoms with E-state index in [2.05, 4.69) is 0 Å². The van der Waals surface area contributed by atoms with Crippen molar-refractivity contribution in [3.8, 4) is 0 Å². The van der Waals surface area contributed by atoms with Crippen LogP contribution >= 0.6 is 0 Å². The molecule has 0 spiro atoms. The summed E-state index contributed by atoms with van der Waals surface area (Å²) in [5.41, 5.74) is -2.07. The van der Waals surface area contributed by atoms with E-state index in [1.165, 1.54) is 89.9 Å². The van der Waals surface area contributed by atoms with Crippen molar-refractivity contribution in [3.63, 3.8) is 0 Å². The van der Waals surface area contributed by atoms with Gasteiger partial charge >= 0.3 is 0 Å². The van der Waals surface area contributed by atoms with Gasteiger partial charge in [0.15, 0.2) is 0 Å². The zero-order chi connectivity index (χ0) is 25.0. The maximum absolute atomic E-state index is 10.5. The van der Waals surface area contributed by atoms with Crippen LogP contribution in [0.4, 0.5) is 0 Å². The highest BCUT2D eigenvalue weighted by Crippen LogP contribution is 2.49. The second-order valence-electron chi connectivity index (χ2n) is 11.2. The Kier molecular flexibility index (Phi) is 18.7. The van der Waals surface area contributed by atoms with Gasteiger partial charge in [-0.05, 0) is 18.8 Å². The molecule has 0 radical (unpaired) electrons. The molecule has 34 heavy (non-hydrogen) atoms.